The fraction of sp³-hybridized carbons (Fsp3) is 0.381. The Bertz CT molecular complexity index is 804. The Labute approximate surface area is 164 Å². The highest BCUT2D eigenvalue weighted by molar-refractivity contribution is 6.31. The number of carbonyl (C=O) groups is 1. The first kappa shape index (κ1) is 18.1. The zero-order chi connectivity index (χ0) is 18.6. The summed E-state index contributed by atoms with van der Waals surface area (Å²) in [5.41, 5.74) is 2.60. The van der Waals surface area contributed by atoms with Crippen LogP contribution < -0.4 is 15.4 Å². The third kappa shape index (κ3) is 4.54. The molecule has 0 bridgehead atoms. The van der Waals surface area contributed by atoms with Crippen LogP contribution in [0.3, 0.4) is 0 Å². The summed E-state index contributed by atoms with van der Waals surface area (Å²) in [6, 6.07) is 13.1. The summed E-state index contributed by atoms with van der Waals surface area (Å²) in [5.74, 6) is 0.659. The first-order valence-corrected chi connectivity index (χ1v) is 9.79. The Balaban J connectivity index is 1.29. The van der Waals surface area contributed by atoms with E-state index in [2.05, 4.69) is 10.6 Å². The Morgan fingerprint density at radius 1 is 1.15 bits per heavy atom. The van der Waals surface area contributed by atoms with E-state index < -0.39 is 0 Å². The first-order valence-electron chi connectivity index (χ1n) is 9.41. The van der Waals surface area contributed by atoms with Crippen molar-refractivity contribution in [2.45, 2.75) is 44.4 Å². The lowest BCUT2D eigenvalue weighted by Crippen LogP contribution is -2.24. The Morgan fingerprint density at radius 3 is 2.70 bits per heavy atom. The molecule has 1 aliphatic carbocycles. The number of hydrogen-bond donors (Lipinski definition) is 2. The molecule has 0 spiro atoms. The van der Waals surface area contributed by atoms with Crippen molar-refractivity contribution in [1.82, 2.24) is 0 Å². The summed E-state index contributed by atoms with van der Waals surface area (Å²) in [6.45, 7) is 0.107. The lowest BCUT2D eigenvalue weighted by atomic mass is 9.98. The van der Waals surface area contributed by atoms with Crippen molar-refractivity contribution in [3.63, 3.8) is 0 Å². The van der Waals surface area contributed by atoms with Gasteiger partial charge < -0.3 is 20.1 Å². The average Bonchev–Trinajstić information content (AvgIpc) is 3.11. The summed E-state index contributed by atoms with van der Waals surface area (Å²) in [7, 11) is 0. The lowest BCUT2D eigenvalue weighted by Gasteiger charge is -2.21. The average molecular weight is 387 g/mol. The predicted octanol–water partition coefficient (Wildman–Crippen LogP) is 5.13. The lowest BCUT2D eigenvalue weighted by molar-refractivity contribution is -0.123. The summed E-state index contributed by atoms with van der Waals surface area (Å²) in [5, 5.41) is 6.84. The number of benzene rings is 2. The molecule has 0 radical (unpaired) electrons. The third-order valence-electron chi connectivity index (χ3n) is 4.97. The highest BCUT2D eigenvalue weighted by Gasteiger charge is 2.23. The van der Waals surface area contributed by atoms with Gasteiger partial charge in [-0.15, -0.1) is 0 Å². The summed E-state index contributed by atoms with van der Waals surface area (Å²) < 4.78 is 11.6. The predicted molar refractivity (Wildman–Crippen MR) is 106 cm³/mol. The summed E-state index contributed by atoms with van der Waals surface area (Å²) in [6.07, 6.45) is 5.75. The molecule has 27 heavy (non-hydrogen) atoms. The van der Waals surface area contributed by atoms with Gasteiger partial charge in [0.15, 0.2) is 6.23 Å². The van der Waals surface area contributed by atoms with Gasteiger partial charge in [0.2, 0.25) is 5.91 Å². The maximum Gasteiger partial charge on any atom is 0.250 e. The third-order valence-corrected chi connectivity index (χ3v) is 5.21. The van der Waals surface area contributed by atoms with Gasteiger partial charge in [0, 0.05) is 16.3 Å². The molecular formula is C21H23ClN2O3. The number of nitrogens with one attached hydrogen (secondary N) is 2. The number of amides is 1. The zero-order valence-corrected chi connectivity index (χ0v) is 15.8. The molecule has 1 saturated carbocycles. The van der Waals surface area contributed by atoms with Crippen molar-refractivity contribution < 1.29 is 14.3 Å². The minimum absolute atomic E-state index is 0.107. The van der Waals surface area contributed by atoms with Crippen LogP contribution in [-0.2, 0) is 9.53 Å². The maximum absolute atomic E-state index is 12.1. The van der Waals surface area contributed by atoms with Crippen molar-refractivity contribution in [2.75, 3.05) is 17.2 Å². The van der Waals surface area contributed by atoms with E-state index in [1.54, 1.807) is 6.07 Å². The van der Waals surface area contributed by atoms with Gasteiger partial charge in [0.05, 0.1) is 11.8 Å². The molecule has 1 aliphatic heterocycles. The summed E-state index contributed by atoms with van der Waals surface area (Å²) in [4.78, 5) is 12.1. The fourth-order valence-corrected chi connectivity index (χ4v) is 3.70. The number of carbonyl (C=O) groups excluding carboxylic acids is 1. The maximum atomic E-state index is 12.1. The standard InChI is InChI=1S/C21H23ClN2O3/c22-15-8-11-19-18(12-15)24-21(27-19)14-6-9-16(10-7-14)23-20(25)13-26-17-4-2-1-3-5-17/h6-12,17,21,24H,1-5,13H2,(H,23,25). The van der Waals surface area contributed by atoms with Crippen LogP contribution in [0.4, 0.5) is 11.4 Å². The molecule has 2 N–H and O–H groups in total. The van der Waals surface area contributed by atoms with Crippen LogP contribution >= 0.6 is 11.6 Å². The molecule has 1 atom stereocenters. The minimum atomic E-state index is -0.266. The SMILES string of the molecule is O=C(COC1CCCCC1)Nc1ccc(C2Nc3cc(Cl)ccc3O2)cc1. The Kier molecular flexibility index (Phi) is 5.50. The van der Waals surface area contributed by atoms with Gasteiger partial charge in [-0.05, 0) is 43.2 Å². The quantitative estimate of drug-likeness (QED) is 0.747. The molecule has 5 nitrogen and oxygen atoms in total. The largest absolute Gasteiger partial charge is 0.464 e. The van der Waals surface area contributed by atoms with Crippen LogP contribution in [-0.4, -0.2) is 18.6 Å². The van der Waals surface area contributed by atoms with Crippen molar-refractivity contribution in [3.05, 3.63) is 53.1 Å². The second-order valence-electron chi connectivity index (χ2n) is 7.02. The normalized spacial score (nSPS) is 19.1. The van der Waals surface area contributed by atoms with Crippen molar-refractivity contribution in [2.24, 2.45) is 0 Å². The van der Waals surface area contributed by atoms with E-state index in [1.807, 2.05) is 36.4 Å². The highest BCUT2D eigenvalue weighted by Crippen LogP contribution is 2.39. The second kappa shape index (κ2) is 8.19. The van der Waals surface area contributed by atoms with Gasteiger partial charge in [-0.25, -0.2) is 0 Å². The number of hydrogen-bond acceptors (Lipinski definition) is 4. The van der Waals surface area contributed by atoms with E-state index >= 15 is 0 Å². The van der Waals surface area contributed by atoms with Crippen molar-refractivity contribution in [1.29, 1.82) is 0 Å². The van der Waals surface area contributed by atoms with E-state index in [-0.39, 0.29) is 24.8 Å². The Morgan fingerprint density at radius 2 is 1.93 bits per heavy atom. The smallest absolute Gasteiger partial charge is 0.250 e. The number of fused-ring (bicyclic) bond motifs is 1. The van der Waals surface area contributed by atoms with Gasteiger partial charge in [0.25, 0.3) is 0 Å². The van der Waals surface area contributed by atoms with Crippen LogP contribution in [0.25, 0.3) is 0 Å². The van der Waals surface area contributed by atoms with E-state index in [4.69, 9.17) is 21.1 Å². The van der Waals surface area contributed by atoms with Crippen LogP contribution in [0.1, 0.15) is 43.9 Å². The van der Waals surface area contributed by atoms with Gasteiger partial charge >= 0.3 is 0 Å². The van der Waals surface area contributed by atoms with Crippen LogP contribution in [0.15, 0.2) is 42.5 Å². The first-order chi connectivity index (χ1) is 13.2. The Hall–Kier alpha value is -2.24. The van der Waals surface area contributed by atoms with E-state index in [1.165, 1.54) is 19.3 Å². The number of halogens is 1. The van der Waals surface area contributed by atoms with Crippen molar-refractivity contribution >= 4 is 28.9 Å². The van der Waals surface area contributed by atoms with Gasteiger partial charge in [-0.1, -0.05) is 43.0 Å². The monoisotopic (exact) mass is 386 g/mol. The molecule has 1 fully saturated rings. The molecule has 0 saturated heterocycles. The van der Waals surface area contributed by atoms with E-state index in [0.717, 1.165) is 35.5 Å². The molecule has 1 heterocycles. The minimum Gasteiger partial charge on any atom is -0.464 e. The molecular weight excluding hydrogens is 364 g/mol. The second-order valence-corrected chi connectivity index (χ2v) is 7.46. The molecule has 0 aromatic heterocycles. The zero-order valence-electron chi connectivity index (χ0n) is 15.0. The van der Waals surface area contributed by atoms with Crippen molar-refractivity contribution in [3.8, 4) is 5.75 Å². The number of rotatable bonds is 5. The van der Waals surface area contributed by atoms with E-state index in [0.29, 0.717) is 5.02 Å². The van der Waals surface area contributed by atoms with Gasteiger partial charge in [-0.2, -0.15) is 0 Å². The highest BCUT2D eigenvalue weighted by atomic mass is 35.5. The number of ether oxygens (including phenoxy) is 2. The molecule has 142 valence electrons. The van der Waals surface area contributed by atoms with E-state index in [9.17, 15) is 4.79 Å². The molecule has 1 amide bonds. The molecule has 2 aromatic carbocycles. The molecule has 2 aliphatic rings. The molecule has 1 unspecified atom stereocenters. The molecule has 2 aromatic rings. The van der Waals surface area contributed by atoms with Gasteiger partial charge in [-0.3, -0.25) is 4.79 Å². The topological polar surface area (TPSA) is 59.6 Å². The van der Waals surface area contributed by atoms with Crippen LogP contribution in [0.2, 0.25) is 5.02 Å². The van der Waals surface area contributed by atoms with Crippen LogP contribution in [0, 0.1) is 0 Å². The number of anilines is 2. The molecule has 4 rings (SSSR count). The molecule has 6 heteroatoms. The fourth-order valence-electron chi connectivity index (χ4n) is 3.53. The van der Waals surface area contributed by atoms with Gasteiger partial charge in [0.1, 0.15) is 12.4 Å². The van der Waals surface area contributed by atoms with Crippen LogP contribution in [0.5, 0.6) is 5.75 Å². The summed E-state index contributed by atoms with van der Waals surface area (Å²) >= 11 is 6.02.